The zero-order valence-electron chi connectivity index (χ0n) is 7.65. The lowest BCUT2D eigenvalue weighted by molar-refractivity contribution is 0.960. The molecule has 0 saturated carbocycles. The number of nitrogens with one attached hydrogen (secondary N) is 1. The van der Waals surface area contributed by atoms with Gasteiger partial charge in [-0.05, 0) is 30.7 Å². The smallest absolute Gasteiger partial charge is 0.122 e. The number of aryl methyl sites for hydroxylation is 1. The van der Waals surface area contributed by atoms with Gasteiger partial charge in [0.2, 0.25) is 0 Å². The summed E-state index contributed by atoms with van der Waals surface area (Å²) in [6, 6.07) is 5.87. The molecule has 0 spiro atoms. The van der Waals surface area contributed by atoms with Crippen molar-refractivity contribution in [3.05, 3.63) is 30.0 Å². The highest BCUT2D eigenvalue weighted by Gasteiger charge is 2.06. The average molecular weight is 184 g/mol. The van der Waals surface area contributed by atoms with Crippen LogP contribution in [0, 0.1) is 6.92 Å². The normalized spacial score (nSPS) is 11.2. The van der Waals surface area contributed by atoms with Crippen LogP contribution in [0.15, 0.2) is 24.4 Å². The number of hydrogen-bond acceptors (Lipinski definition) is 3. The molecule has 1 N–H and O–H groups in total. The van der Waals surface area contributed by atoms with Gasteiger partial charge in [-0.15, -0.1) is 0 Å². The van der Waals surface area contributed by atoms with E-state index in [2.05, 4.69) is 27.3 Å². The summed E-state index contributed by atoms with van der Waals surface area (Å²) in [6.45, 7) is 2.05. The van der Waals surface area contributed by atoms with Crippen LogP contribution in [0.1, 0.15) is 5.56 Å². The van der Waals surface area contributed by atoms with E-state index in [9.17, 15) is 0 Å². The van der Waals surface area contributed by atoms with Crippen LogP contribution in [0.5, 0.6) is 0 Å². The maximum Gasteiger partial charge on any atom is 0.122 e. The highest BCUT2D eigenvalue weighted by atomic mass is 15.3. The van der Waals surface area contributed by atoms with Crippen molar-refractivity contribution in [1.82, 2.24) is 20.4 Å². The zero-order chi connectivity index (χ0) is 9.54. The molecular formula is C10H8N4. The average Bonchev–Trinajstić information content (AvgIpc) is 2.65. The Kier molecular flexibility index (Phi) is 1.33. The van der Waals surface area contributed by atoms with Crippen LogP contribution in [-0.2, 0) is 0 Å². The third kappa shape index (κ3) is 0.849. The predicted molar refractivity (Wildman–Crippen MR) is 53.9 cm³/mol. The molecule has 3 aromatic rings. The molecule has 3 rings (SSSR count). The Bertz CT molecular complexity index is 612. The molecule has 0 atom stereocenters. The third-order valence-electron chi connectivity index (χ3n) is 2.40. The van der Waals surface area contributed by atoms with E-state index in [4.69, 9.17) is 0 Å². The first kappa shape index (κ1) is 7.44. The fourth-order valence-electron chi connectivity index (χ4n) is 1.71. The highest BCUT2D eigenvalue weighted by Crippen LogP contribution is 2.23. The van der Waals surface area contributed by atoms with Gasteiger partial charge in [-0.3, -0.25) is 4.98 Å². The molecule has 2 heterocycles. The number of fused-ring (bicyclic) bond motifs is 3. The summed E-state index contributed by atoms with van der Waals surface area (Å²) < 4.78 is 0. The summed E-state index contributed by atoms with van der Waals surface area (Å²) in [4.78, 5) is 4.29. The lowest BCUT2D eigenvalue weighted by Crippen LogP contribution is -1.83. The van der Waals surface area contributed by atoms with Gasteiger partial charge in [-0.2, -0.15) is 15.4 Å². The Morgan fingerprint density at radius 2 is 1.93 bits per heavy atom. The summed E-state index contributed by atoms with van der Waals surface area (Å²) in [6.07, 6.45) is 1.81. The molecule has 0 aliphatic carbocycles. The highest BCUT2D eigenvalue weighted by molar-refractivity contribution is 6.03. The molecule has 2 aromatic heterocycles. The van der Waals surface area contributed by atoms with Crippen molar-refractivity contribution in [2.45, 2.75) is 6.92 Å². The summed E-state index contributed by atoms with van der Waals surface area (Å²) in [7, 11) is 0. The first-order valence-corrected chi connectivity index (χ1v) is 4.41. The van der Waals surface area contributed by atoms with Crippen molar-refractivity contribution in [3.8, 4) is 0 Å². The maximum absolute atomic E-state index is 4.29. The Morgan fingerprint density at radius 1 is 1.07 bits per heavy atom. The van der Waals surface area contributed by atoms with Crippen LogP contribution in [0.2, 0.25) is 0 Å². The lowest BCUT2D eigenvalue weighted by Gasteiger charge is -1.99. The molecule has 4 heteroatoms. The fourth-order valence-corrected chi connectivity index (χ4v) is 1.71. The third-order valence-corrected chi connectivity index (χ3v) is 2.40. The van der Waals surface area contributed by atoms with E-state index >= 15 is 0 Å². The van der Waals surface area contributed by atoms with E-state index in [-0.39, 0.29) is 0 Å². The number of pyridine rings is 1. The van der Waals surface area contributed by atoms with Gasteiger partial charge < -0.3 is 0 Å². The van der Waals surface area contributed by atoms with Crippen LogP contribution < -0.4 is 0 Å². The quantitative estimate of drug-likeness (QED) is 0.579. The van der Waals surface area contributed by atoms with Gasteiger partial charge in [-0.1, -0.05) is 0 Å². The molecule has 68 valence electrons. The first-order chi connectivity index (χ1) is 6.86. The van der Waals surface area contributed by atoms with Crippen LogP contribution in [-0.4, -0.2) is 20.4 Å². The second-order valence-electron chi connectivity index (χ2n) is 3.28. The van der Waals surface area contributed by atoms with E-state index in [1.165, 1.54) is 5.56 Å². The Morgan fingerprint density at radius 3 is 2.86 bits per heavy atom. The van der Waals surface area contributed by atoms with Crippen molar-refractivity contribution < 1.29 is 0 Å². The van der Waals surface area contributed by atoms with Crippen LogP contribution in [0.4, 0.5) is 0 Å². The number of nitrogens with zero attached hydrogens (tertiary/aromatic N) is 3. The topological polar surface area (TPSA) is 54.5 Å². The molecule has 14 heavy (non-hydrogen) atoms. The largest absolute Gasteiger partial charge is 0.256 e. The van der Waals surface area contributed by atoms with E-state index < -0.39 is 0 Å². The van der Waals surface area contributed by atoms with Gasteiger partial charge in [0.1, 0.15) is 11.0 Å². The first-order valence-electron chi connectivity index (χ1n) is 4.41. The van der Waals surface area contributed by atoms with Crippen molar-refractivity contribution in [3.63, 3.8) is 0 Å². The van der Waals surface area contributed by atoms with Gasteiger partial charge >= 0.3 is 0 Å². The minimum absolute atomic E-state index is 0.883. The zero-order valence-corrected chi connectivity index (χ0v) is 7.65. The predicted octanol–water partition coefficient (Wildman–Crippen LogP) is 1.81. The van der Waals surface area contributed by atoms with Gasteiger partial charge in [-0.25, -0.2) is 0 Å². The SMILES string of the molecule is Cc1ccnc2ccc3n[nH]nc3c12. The molecule has 0 amide bonds. The van der Waals surface area contributed by atoms with E-state index in [0.29, 0.717) is 0 Å². The maximum atomic E-state index is 4.29. The summed E-state index contributed by atoms with van der Waals surface area (Å²) in [5, 5.41) is 11.9. The molecule has 0 aliphatic heterocycles. The summed E-state index contributed by atoms with van der Waals surface area (Å²) in [5.41, 5.74) is 3.92. The molecule has 0 saturated heterocycles. The van der Waals surface area contributed by atoms with Gasteiger partial charge in [0, 0.05) is 11.6 Å². The molecule has 0 bridgehead atoms. The molecule has 0 radical (unpaired) electrons. The van der Waals surface area contributed by atoms with E-state index in [0.717, 1.165) is 21.9 Å². The number of H-pyrrole nitrogens is 1. The molecule has 0 fully saturated rings. The minimum atomic E-state index is 0.883. The number of aromatic amines is 1. The van der Waals surface area contributed by atoms with E-state index in [1.54, 1.807) is 0 Å². The lowest BCUT2D eigenvalue weighted by atomic mass is 10.1. The molecular weight excluding hydrogens is 176 g/mol. The minimum Gasteiger partial charge on any atom is -0.256 e. The molecule has 0 aliphatic rings. The standard InChI is InChI=1S/C10H8N4/c1-6-4-5-11-7-2-3-8-10(9(6)7)13-14-12-8/h2-5H,1H3,(H,12,13,14). The van der Waals surface area contributed by atoms with Crippen LogP contribution in [0.3, 0.4) is 0 Å². The second kappa shape index (κ2) is 2.51. The monoisotopic (exact) mass is 184 g/mol. The summed E-state index contributed by atoms with van der Waals surface area (Å²) in [5.74, 6) is 0. The van der Waals surface area contributed by atoms with Crippen molar-refractivity contribution in [1.29, 1.82) is 0 Å². The molecule has 1 aromatic carbocycles. The van der Waals surface area contributed by atoms with Crippen LogP contribution >= 0.6 is 0 Å². The Balaban J connectivity index is 2.67. The number of benzene rings is 1. The number of rotatable bonds is 0. The van der Waals surface area contributed by atoms with E-state index in [1.807, 2.05) is 24.4 Å². The van der Waals surface area contributed by atoms with Gasteiger partial charge in [0.25, 0.3) is 0 Å². The van der Waals surface area contributed by atoms with Crippen LogP contribution in [0.25, 0.3) is 21.9 Å². The van der Waals surface area contributed by atoms with Gasteiger partial charge in [0.15, 0.2) is 0 Å². The second-order valence-corrected chi connectivity index (χ2v) is 3.28. The van der Waals surface area contributed by atoms with Crippen molar-refractivity contribution >= 4 is 21.9 Å². The summed E-state index contributed by atoms with van der Waals surface area (Å²) >= 11 is 0. The van der Waals surface area contributed by atoms with Crippen molar-refractivity contribution in [2.75, 3.05) is 0 Å². The fraction of sp³-hybridized carbons (Fsp3) is 0.100. The molecule has 0 unspecified atom stereocenters. The Hall–Kier alpha value is -1.97. The number of aromatic nitrogens is 4. The Labute approximate surface area is 80.0 Å². The van der Waals surface area contributed by atoms with Crippen molar-refractivity contribution in [2.24, 2.45) is 0 Å². The molecule has 4 nitrogen and oxygen atoms in total. The van der Waals surface area contributed by atoms with Gasteiger partial charge in [0.05, 0.1) is 5.52 Å². The number of hydrogen-bond donors (Lipinski definition) is 1.